The number of hydrogen-bond acceptors (Lipinski definition) is 1. The maximum atomic E-state index is 3.63. The van der Waals surface area contributed by atoms with E-state index in [2.05, 4.69) is 210 Å². The van der Waals surface area contributed by atoms with Gasteiger partial charge in [-0.25, -0.2) is 0 Å². The van der Waals surface area contributed by atoms with E-state index in [9.17, 15) is 0 Å². The molecule has 3 nitrogen and oxygen atoms in total. The molecule has 8 aromatic rings. The minimum atomic E-state index is 1.09. The summed E-state index contributed by atoms with van der Waals surface area (Å²) in [4.78, 5) is 5.98. The van der Waals surface area contributed by atoms with Gasteiger partial charge in [0.15, 0.2) is 0 Å². The van der Waals surface area contributed by atoms with Crippen molar-refractivity contribution in [1.29, 1.82) is 0 Å². The molecule has 6 aromatic carbocycles. The van der Waals surface area contributed by atoms with E-state index in [0.29, 0.717) is 0 Å². The number of aromatic amines is 1. The van der Waals surface area contributed by atoms with Crippen LogP contribution in [0.4, 0.5) is 17.1 Å². The van der Waals surface area contributed by atoms with Crippen molar-refractivity contribution >= 4 is 38.9 Å². The summed E-state index contributed by atoms with van der Waals surface area (Å²) in [7, 11) is 0. The number of hydrogen-bond donors (Lipinski definition) is 1. The number of rotatable bonds is 6. The van der Waals surface area contributed by atoms with E-state index < -0.39 is 0 Å². The lowest BCUT2D eigenvalue weighted by Gasteiger charge is -2.27. The Balaban J connectivity index is 1.20. The molecule has 1 N–H and O–H groups in total. The van der Waals surface area contributed by atoms with Gasteiger partial charge >= 0.3 is 0 Å². The molecule has 49 heavy (non-hydrogen) atoms. The quantitative estimate of drug-likeness (QED) is 0.194. The summed E-state index contributed by atoms with van der Waals surface area (Å²) in [5, 5.41) is 2.33. The van der Waals surface area contributed by atoms with Crippen molar-refractivity contribution < 1.29 is 0 Å². The molecule has 0 amide bonds. The van der Waals surface area contributed by atoms with Gasteiger partial charge in [0.1, 0.15) is 0 Å². The summed E-state index contributed by atoms with van der Waals surface area (Å²) >= 11 is 0. The largest absolute Gasteiger partial charge is 0.359 e. The molecule has 0 bridgehead atoms. The fraction of sp³-hybridized carbons (Fsp3) is 0.0435. The topological polar surface area (TPSA) is 24.0 Å². The summed E-state index contributed by atoms with van der Waals surface area (Å²) in [6.45, 7) is 4.33. The number of aromatic nitrogens is 2. The third-order valence-electron chi connectivity index (χ3n) is 9.20. The minimum absolute atomic E-state index is 1.09. The van der Waals surface area contributed by atoms with Crippen molar-refractivity contribution in [2.45, 2.75) is 13.8 Å². The standard InChI is InChI=1S/C46H37N3/c1-33-30-37(22-27-45(33)49(42-16-10-5-11-17-42)43-23-19-36(20-24-43)35-12-6-3-7-13-35)38-21-25-44-40(31-38)32-39-28-29-48(41-14-8-4-9-15-41)46(39)26-18-34(2)47-44/h3-32,47H,1-2H3. The van der Waals surface area contributed by atoms with Crippen molar-refractivity contribution in [3.63, 3.8) is 0 Å². The zero-order valence-corrected chi connectivity index (χ0v) is 27.7. The van der Waals surface area contributed by atoms with Gasteiger partial charge in [0.25, 0.3) is 0 Å². The number of H-pyrrole nitrogens is 1. The third kappa shape index (κ3) is 6.10. The van der Waals surface area contributed by atoms with Gasteiger partial charge in [0.2, 0.25) is 0 Å². The van der Waals surface area contributed by atoms with Crippen LogP contribution in [0, 0.1) is 13.8 Å². The molecule has 3 heteroatoms. The van der Waals surface area contributed by atoms with Crippen molar-refractivity contribution in [3.8, 4) is 27.9 Å². The molecule has 0 fully saturated rings. The zero-order valence-electron chi connectivity index (χ0n) is 27.7. The summed E-state index contributed by atoms with van der Waals surface area (Å²) in [5.41, 5.74) is 13.9. The van der Waals surface area contributed by atoms with Crippen molar-refractivity contribution in [3.05, 3.63) is 193 Å². The number of nitrogens with zero attached hydrogens (tertiary/aromatic N) is 2. The van der Waals surface area contributed by atoms with Crippen molar-refractivity contribution in [2.75, 3.05) is 4.90 Å². The molecule has 0 aliphatic rings. The van der Waals surface area contributed by atoms with Gasteiger partial charge < -0.3 is 14.5 Å². The normalized spacial score (nSPS) is 11.1. The molecule has 0 atom stereocenters. The highest BCUT2D eigenvalue weighted by molar-refractivity contribution is 5.92. The van der Waals surface area contributed by atoms with Crippen LogP contribution >= 0.6 is 0 Å². The van der Waals surface area contributed by atoms with Crippen LogP contribution in [0.1, 0.15) is 11.3 Å². The fourth-order valence-corrected chi connectivity index (χ4v) is 6.70. The van der Waals surface area contributed by atoms with Crippen LogP contribution in [0.5, 0.6) is 0 Å². The first-order chi connectivity index (χ1) is 24.1. The number of benzene rings is 6. The molecule has 0 radical (unpaired) electrons. The Hall–Kier alpha value is -6.32. The van der Waals surface area contributed by atoms with E-state index >= 15 is 0 Å². The van der Waals surface area contributed by atoms with Crippen LogP contribution in [0.2, 0.25) is 0 Å². The molecule has 0 saturated carbocycles. The van der Waals surface area contributed by atoms with Gasteiger partial charge in [-0.2, -0.15) is 0 Å². The summed E-state index contributed by atoms with van der Waals surface area (Å²) in [5.74, 6) is 0. The van der Waals surface area contributed by atoms with Crippen LogP contribution in [0.3, 0.4) is 0 Å². The zero-order chi connectivity index (χ0) is 33.2. The van der Waals surface area contributed by atoms with Crippen LogP contribution < -0.4 is 4.90 Å². The van der Waals surface area contributed by atoms with E-state index in [-0.39, 0.29) is 0 Å². The second-order valence-corrected chi connectivity index (χ2v) is 12.5. The Bertz CT molecular complexity index is 2440. The molecular formula is C46H37N3. The number of aryl methyl sites for hydroxylation is 2. The Morgan fingerprint density at radius 1 is 0.469 bits per heavy atom. The minimum Gasteiger partial charge on any atom is -0.359 e. The first-order valence-electron chi connectivity index (χ1n) is 16.8. The van der Waals surface area contributed by atoms with Crippen molar-refractivity contribution in [1.82, 2.24) is 9.55 Å². The highest BCUT2D eigenvalue weighted by Crippen LogP contribution is 2.39. The second-order valence-electron chi connectivity index (χ2n) is 12.5. The van der Waals surface area contributed by atoms with E-state index in [1.165, 1.54) is 33.2 Å². The number of nitrogens with one attached hydrogen (secondary N) is 1. The monoisotopic (exact) mass is 631 g/mol. The highest BCUT2D eigenvalue weighted by Gasteiger charge is 2.16. The molecule has 2 aromatic heterocycles. The Morgan fingerprint density at radius 3 is 1.82 bits per heavy atom. The molecule has 0 aliphatic carbocycles. The Morgan fingerprint density at radius 2 is 1.08 bits per heavy atom. The Kier molecular flexibility index (Phi) is 8.01. The predicted octanol–water partition coefficient (Wildman–Crippen LogP) is 12.7. The summed E-state index contributed by atoms with van der Waals surface area (Å²) < 4.78 is 2.25. The van der Waals surface area contributed by atoms with Gasteiger partial charge in [-0.05, 0) is 132 Å². The maximum Gasteiger partial charge on any atom is 0.0529 e. The van der Waals surface area contributed by atoms with Crippen LogP contribution in [0.25, 0.3) is 49.7 Å². The molecule has 236 valence electrons. The molecule has 0 spiro atoms. The van der Waals surface area contributed by atoms with Gasteiger partial charge in [0, 0.05) is 45.5 Å². The maximum absolute atomic E-state index is 3.63. The van der Waals surface area contributed by atoms with E-state index in [4.69, 9.17) is 0 Å². The molecule has 0 unspecified atom stereocenters. The van der Waals surface area contributed by atoms with E-state index in [1.807, 2.05) is 0 Å². The smallest absolute Gasteiger partial charge is 0.0529 e. The molecule has 2 heterocycles. The van der Waals surface area contributed by atoms with E-state index in [1.54, 1.807) is 0 Å². The van der Waals surface area contributed by atoms with Gasteiger partial charge in [0.05, 0.1) is 5.52 Å². The van der Waals surface area contributed by atoms with Crippen molar-refractivity contribution in [2.24, 2.45) is 0 Å². The van der Waals surface area contributed by atoms with Crippen LogP contribution in [-0.2, 0) is 0 Å². The number of fused-ring (bicyclic) bond motifs is 2. The average Bonchev–Trinajstić information content (AvgIpc) is 3.57. The molecule has 8 rings (SSSR count). The highest BCUT2D eigenvalue weighted by atomic mass is 15.1. The van der Waals surface area contributed by atoms with Crippen LogP contribution in [-0.4, -0.2) is 9.55 Å². The SMILES string of the molecule is Cc1ccc2c(ccn2-c2ccccc2)cc2cc(-c3ccc(N(c4ccccc4)c4ccc(-c5ccccc5)cc4)c(C)c3)ccc2[nH]1. The fourth-order valence-electron chi connectivity index (χ4n) is 6.70. The lowest BCUT2D eigenvalue weighted by Crippen LogP contribution is -2.11. The molecular weight excluding hydrogens is 595 g/mol. The van der Waals surface area contributed by atoms with Crippen LogP contribution in [0.15, 0.2) is 182 Å². The predicted molar refractivity (Wildman–Crippen MR) is 208 cm³/mol. The lowest BCUT2D eigenvalue weighted by atomic mass is 9.99. The lowest BCUT2D eigenvalue weighted by molar-refractivity contribution is 1.13. The first-order valence-corrected chi connectivity index (χ1v) is 16.8. The van der Waals surface area contributed by atoms with Gasteiger partial charge in [-0.3, -0.25) is 0 Å². The average molecular weight is 632 g/mol. The van der Waals surface area contributed by atoms with E-state index in [0.717, 1.165) is 44.9 Å². The molecule has 0 aliphatic heterocycles. The third-order valence-corrected chi connectivity index (χ3v) is 9.20. The number of anilines is 3. The summed E-state index contributed by atoms with van der Waals surface area (Å²) in [6, 6.07) is 62.9. The molecule has 0 saturated heterocycles. The second kappa shape index (κ2) is 13.1. The van der Waals surface area contributed by atoms with Gasteiger partial charge in [-0.1, -0.05) is 91.0 Å². The number of para-hydroxylation sites is 2. The first kappa shape index (κ1) is 30.0. The summed E-state index contributed by atoms with van der Waals surface area (Å²) in [6.07, 6.45) is 2.16. The van der Waals surface area contributed by atoms with Gasteiger partial charge in [-0.15, -0.1) is 0 Å². The Labute approximate surface area is 287 Å².